The topological polar surface area (TPSA) is 69.6 Å². The second-order valence-electron chi connectivity index (χ2n) is 5.59. The molecule has 0 aromatic rings. The van der Waals surface area contributed by atoms with Crippen LogP contribution in [0.3, 0.4) is 0 Å². The lowest BCUT2D eigenvalue weighted by Crippen LogP contribution is -2.47. The normalized spacial score (nSPS) is 42.0. The number of likely N-dealkylation sites (tertiary alicyclic amines) is 1. The molecule has 5 unspecified atom stereocenters. The van der Waals surface area contributed by atoms with E-state index in [-0.39, 0.29) is 30.5 Å². The van der Waals surface area contributed by atoms with Gasteiger partial charge in [0.15, 0.2) is 0 Å². The van der Waals surface area contributed by atoms with Gasteiger partial charge in [-0.2, -0.15) is 0 Å². The number of fused-ring (bicyclic) bond motifs is 1. The van der Waals surface area contributed by atoms with Crippen molar-refractivity contribution in [2.75, 3.05) is 13.1 Å². The Labute approximate surface area is 100 Å². The number of aliphatic hydroxyl groups is 1. The minimum atomic E-state index is -0.347. The Bertz CT molecular complexity index is 369. The highest BCUT2D eigenvalue weighted by molar-refractivity contribution is 5.84. The summed E-state index contributed by atoms with van der Waals surface area (Å²) < 4.78 is 0. The van der Waals surface area contributed by atoms with E-state index in [0.29, 0.717) is 17.8 Å². The molecular formula is C12H18N2O3. The summed E-state index contributed by atoms with van der Waals surface area (Å²) in [6.07, 6.45) is 1.78. The highest BCUT2D eigenvalue weighted by atomic mass is 16.3. The molecule has 3 aliphatic rings. The monoisotopic (exact) mass is 238 g/mol. The number of nitrogens with one attached hydrogen (secondary N) is 1. The molecule has 0 radical (unpaired) electrons. The van der Waals surface area contributed by atoms with Gasteiger partial charge in [-0.05, 0) is 30.6 Å². The van der Waals surface area contributed by atoms with Crippen molar-refractivity contribution < 1.29 is 14.7 Å². The van der Waals surface area contributed by atoms with Crippen molar-refractivity contribution in [2.45, 2.75) is 31.9 Å². The summed E-state index contributed by atoms with van der Waals surface area (Å²) in [6.45, 7) is 2.23. The Hall–Kier alpha value is -1.10. The van der Waals surface area contributed by atoms with Gasteiger partial charge in [0.2, 0.25) is 11.8 Å². The molecular weight excluding hydrogens is 220 g/mol. The fourth-order valence-electron chi connectivity index (χ4n) is 4.00. The van der Waals surface area contributed by atoms with Crippen LogP contribution in [0.5, 0.6) is 0 Å². The van der Waals surface area contributed by atoms with Gasteiger partial charge in [-0.25, -0.2) is 0 Å². The van der Waals surface area contributed by atoms with Crippen LogP contribution in [0, 0.1) is 17.8 Å². The summed E-state index contributed by atoms with van der Waals surface area (Å²) in [5.74, 6) is 1.23. The first-order valence-corrected chi connectivity index (χ1v) is 6.30. The molecule has 3 fully saturated rings. The van der Waals surface area contributed by atoms with Crippen LogP contribution < -0.4 is 5.32 Å². The number of carbonyl (C=O) groups excluding carboxylic acids is 2. The van der Waals surface area contributed by atoms with Crippen LogP contribution >= 0.6 is 0 Å². The van der Waals surface area contributed by atoms with Crippen molar-refractivity contribution in [3.63, 3.8) is 0 Å². The number of hydrogen-bond acceptors (Lipinski definition) is 3. The lowest BCUT2D eigenvalue weighted by Gasteiger charge is -2.28. The number of aliphatic hydroxyl groups excluding tert-OH is 1. The molecule has 94 valence electrons. The Kier molecular flexibility index (Phi) is 2.40. The summed E-state index contributed by atoms with van der Waals surface area (Å²) in [5.41, 5.74) is 0. The van der Waals surface area contributed by atoms with Gasteiger partial charge >= 0.3 is 0 Å². The maximum atomic E-state index is 12.0. The standard InChI is InChI=1S/C12H18N2O3/c1-6(15)13-4-10(16)14-5-8-2-7-3-9(8)11(14)12(7)17/h7-9,11-12,17H,2-5H2,1H3,(H,13,15). The Balaban J connectivity index is 1.69. The van der Waals surface area contributed by atoms with Crippen LogP contribution in [0.1, 0.15) is 19.8 Å². The van der Waals surface area contributed by atoms with E-state index in [1.807, 2.05) is 0 Å². The zero-order valence-corrected chi connectivity index (χ0v) is 9.93. The van der Waals surface area contributed by atoms with Crippen molar-refractivity contribution >= 4 is 11.8 Å². The van der Waals surface area contributed by atoms with E-state index < -0.39 is 0 Å². The zero-order valence-electron chi connectivity index (χ0n) is 9.93. The third-order valence-corrected chi connectivity index (χ3v) is 4.66. The smallest absolute Gasteiger partial charge is 0.242 e. The van der Waals surface area contributed by atoms with E-state index in [1.165, 1.54) is 6.92 Å². The summed E-state index contributed by atoms with van der Waals surface area (Å²) in [5, 5.41) is 12.7. The van der Waals surface area contributed by atoms with Gasteiger partial charge in [0.05, 0.1) is 18.7 Å². The zero-order chi connectivity index (χ0) is 12.2. The molecule has 1 saturated heterocycles. The molecule has 2 aliphatic carbocycles. The average molecular weight is 238 g/mol. The van der Waals surface area contributed by atoms with E-state index in [9.17, 15) is 14.7 Å². The molecule has 3 rings (SSSR count). The highest BCUT2D eigenvalue weighted by Gasteiger charge is 2.59. The quantitative estimate of drug-likeness (QED) is 0.671. The highest BCUT2D eigenvalue weighted by Crippen LogP contribution is 2.54. The summed E-state index contributed by atoms with van der Waals surface area (Å²) in [7, 11) is 0. The summed E-state index contributed by atoms with van der Waals surface area (Å²) in [4.78, 5) is 24.6. The van der Waals surface area contributed by atoms with Gasteiger partial charge in [-0.1, -0.05) is 0 Å². The molecule has 17 heavy (non-hydrogen) atoms. The molecule has 5 atom stereocenters. The van der Waals surface area contributed by atoms with Crippen molar-refractivity contribution in [1.82, 2.24) is 10.2 Å². The lowest BCUT2D eigenvalue weighted by molar-refractivity contribution is -0.135. The van der Waals surface area contributed by atoms with Gasteiger partial charge in [-0.15, -0.1) is 0 Å². The molecule has 1 aliphatic heterocycles. The number of rotatable bonds is 2. The average Bonchev–Trinajstić information content (AvgIpc) is 2.85. The molecule has 0 aromatic carbocycles. The number of hydrogen-bond donors (Lipinski definition) is 2. The van der Waals surface area contributed by atoms with Crippen molar-refractivity contribution in [3.05, 3.63) is 0 Å². The molecule has 0 spiro atoms. The van der Waals surface area contributed by atoms with Gasteiger partial charge in [0, 0.05) is 13.5 Å². The van der Waals surface area contributed by atoms with Gasteiger partial charge in [0.1, 0.15) is 0 Å². The Morgan fingerprint density at radius 2 is 2.12 bits per heavy atom. The van der Waals surface area contributed by atoms with Crippen molar-refractivity contribution in [2.24, 2.45) is 17.8 Å². The molecule has 1 heterocycles. The Morgan fingerprint density at radius 3 is 2.76 bits per heavy atom. The third kappa shape index (κ3) is 1.56. The predicted octanol–water partition coefficient (Wildman–Crippen LogP) is -0.650. The summed E-state index contributed by atoms with van der Waals surface area (Å²) >= 11 is 0. The first-order valence-electron chi connectivity index (χ1n) is 6.30. The summed E-state index contributed by atoms with van der Waals surface area (Å²) in [6, 6.07) is 0.0139. The SMILES string of the molecule is CC(=O)NCC(=O)N1CC2CC3CC2C1C3O. The van der Waals surface area contributed by atoms with E-state index in [1.54, 1.807) is 4.90 Å². The molecule has 2 bridgehead atoms. The first-order chi connectivity index (χ1) is 8.08. The fraction of sp³-hybridized carbons (Fsp3) is 0.833. The van der Waals surface area contributed by atoms with Crippen molar-refractivity contribution in [3.8, 4) is 0 Å². The van der Waals surface area contributed by atoms with Crippen LogP contribution in [0.2, 0.25) is 0 Å². The molecule has 2 N–H and O–H groups in total. The van der Waals surface area contributed by atoms with E-state index in [2.05, 4.69) is 5.32 Å². The van der Waals surface area contributed by atoms with E-state index in [0.717, 1.165) is 19.4 Å². The van der Waals surface area contributed by atoms with Crippen LogP contribution in [0.15, 0.2) is 0 Å². The molecule has 2 saturated carbocycles. The second kappa shape index (κ2) is 3.70. The molecule has 2 amide bonds. The maximum Gasteiger partial charge on any atom is 0.242 e. The first kappa shape index (κ1) is 11.0. The second-order valence-corrected chi connectivity index (χ2v) is 5.59. The molecule has 0 aromatic heterocycles. The number of amides is 2. The molecule has 5 heteroatoms. The molecule has 5 nitrogen and oxygen atoms in total. The van der Waals surface area contributed by atoms with E-state index in [4.69, 9.17) is 0 Å². The van der Waals surface area contributed by atoms with E-state index >= 15 is 0 Å². The van der Waals surface area contributed by atoms with Gasteiger partial charge in [0.25, 0.3) is 0 Å². The van der Waals surface area contributed by atoms with Crippen LogP contribution in [0.25, 0.3) is 0 Å². The minimum absolute atomic E-state index is 0.0139. The van der Waals surface area contributed by atoms with Crippen LogP contribution in [-0.2, 0) is 9.59 Å². The van der Waals surface area contributed by atoms with Crippen molar-refractivity contribution in [1.29, 1.82) is 0 Å². The minimum Gasteiger partial charge on any atom is -0.391 e. The maximum absolute atomic E-state index is 12.0. The fourth-order valence-corrected chi connectivity index (χ4v) is 4.00. The lowest BCUT2D eigenvalue weighted by atomic mass is 9.88. The van der Waals surface area contributed by atoms with Gasteiger partial charge in [-0.3, -0.25) is 9.59 Å². The van der Waals surface area contributed by atoms with Crippen LogP contribution in [0.4, 0.5) is 0 Å². The van der Waals surface area contributed by atoms with Gasteiger partial charge < -0.3 is 15.3 Å². The Morgan fingerprint density at radius 1 is 1.35 bits per heavy atom. The predicted molar refractivity (Wildman–Crippen MR) is 59.9 cm³/mol. The van der Waals surface area contributed by atoms with Crippen LogP contribution in [-0.4, -0.2) is 47.1 Å². The number of nitrogens with zero attached hydrogens (tertiary/aromatic N) is 1. The third-order valence-electron chi connectivity index (χ3n) is 4.66. The number of carbonyl (C=O) groups is 2. The largest absolute Gasteiger partial charge is 0.391 e.